The summed E-state index contributed by atoms with van der Waals surface area (Å²) in [6.07, 6.45) is 0. The molecule has 2 aromatic carbocycles. The van der Waals surface area contributed by atoms with Gasteiger partial charge >= 0.3 is 0 Å². The van der Waals surface area contributed by atoms with Gasteiger partial charge in [0.1, 0.15) is 0 Å². The lowest BCUT2D eigenvalue weighted by Crippen LogP contribution is -2.12. The van der Waals surface area contributed by atoms with Gasteiger partial charge in [-0.1, -0.05) is 24.3 Å². The summed E-state index contributed by atoms with van der Waals surface area (Å²) < 4.78 is 66.8. The van der Waals surface area contributed by atoms with Crippen LogP contribution in [0, 0.1) is 0 Å². The lowest BCUT2D eigenvalue weighted by molar-refractivity contribution is 0.567. The van der Waals surface area contributed by atoms with Crippen molar-refractivity contribution in [2.45, 2.75) is 0 Å². The highest BCUT2D eigenvalue weighted by molar-refractivity contribution is 7.81. The van der Waals surface area contributed by atoms with Crippen LogP contribution in [0.25, 0.3) is 10.8 Å². The minimum atomic E-state index is -2.50. The van der Waals surface area contributed by atoms with Crippen LogP contribution in [0.1, 0.15) is 0 Å². The third kappa shape index (κ3) is 4.00. The normalized spacial score (nSPS) is 15.0. The first-order chi connectivity index (χ1) is 10.4. The van der Waals surface area contributed by atoms with Crippen LogP contribution in [0.5, 0.6) is 0 Å². The molecule has 3 atom stereocenters. The van der Waals surface area contributed by atoms with E-state index in [0.717, 1.165) is 0 Å². The Bertz CT molecular complexity index is 784. The summed E-state index contributed by atoms with van der Waals surface area (Å²) in [6, 6.07) is 8.13. The van der Waals surface area contributed by atoms with E-state index < -0.39 is 33.8 Å². The predicted octanol–water partition coefficient (Wildman–Crippen LogP) is 1.49. The van der Waals surface area contributed by atoms with Gasteiger partial charge in [-0.15, -0.1) is 0 Å². The molecule has 2 aromatic rings. The zero-order valence-corrected chi connectivity index (χ0v) is 13.1. The van der Waals surface area contributed by atoms with Crippen LogP contribution < -0.4 is 14.2 Å². The van der Waals surface area contributed by atoms with Gasteiger partial charge in [-0.2, -0.15) is 0 Å². The minimum Gasteiger partial charge on any atom is -0.289 e. The summed E-state index contributed by atoms with van der Waals surface area (Å²) in [4.78, 5) is 0. The highest BCUT2D eigenvalue weighted by Gasteiger charge is 2.17. The van der Waals surface area contributed by atoms with Crippen molar-refractivity contribution in [1.29, 1.82) is 0 Å². The second kappa shape index (κ2) is 7.13. The van der Waals surface area contributed by atoms with E-state index in [0.29, 0.717) is 10.8 Å². The maximum Gasteiger partial charge on any atom is 0.259 e. The first-order valence-electron chi connectivity index (χ1n) is 5.56. The van der Waals surface area contributed by atoms with E-state index >= 15 is 0 Å². The molecule has 22 heavy (non-hydrogen) atoms. The minimum absolute atomic E-state index is 0.00915. The van der Waals surface area contributed by atoms with Crippen LogP contribution in [-0.2, 0) is 33.8 Å². The summed E-state index contributed by atoms with van der Waals surface area (Å²) in [7, 11) is 0. The molecule has 0 spiro atoms. The Morgan fingerprint density at radius 3 is 1.91 bits per heavy atom. The third-order valence-corrected chi connectivity index (χ3v) is 3.78. The third-order valence-electron chi connectivity index (χ3n) is 2.63. The molecule has 0 saturated carbocycles. The molecular formula is C10H11N3O6S3. The molecule has 2 rings (SSSR count). The Morgan fingerprint density at radius 2 is 1.32 bits per heavy atom. The van der Waals surface area contributed by atoms with E-state index in [9.17, 15) is 12.6 Å². The highest BCUT2D eigenvalue weighted by atomic mass is 32.2. The lowest BCUT2D eigenvalue weighted by Gasteiger charge is -2.17. The molecule has 0 heterocycles. The van der Waals surface area contributed by atoms with Crippen molar-refractivity contribution in [3.05, 3.63) is 30.3 Å². The molecule has 0 aromatic heterocycles. The Morgan fingerprint density at radius 1 is 0.773 bits per heavy atom. The van der Waals surface area contributed by atoms with Gasteiger partial charge < -0.3 is 0 Å². The smallest absolute Gasteiger partial charge is 0.259 e. The Hall–Kier alpha value is -1.57. The SMILES string of the molecule is O=S(O)Nc1cc2ccccc2c(NS(=O)O)c1NS(=O)O. The standard InChI is InChI=1S/C10H11N3O6S3/c14-20(15)11-8-5-6-3-1-2-4-7(6)9(12-21(16)17)10(8)13-22(18)19/h1-5,11-13H,(H,14,15)(H,16,17)(H,18,19). The average Bonchev–Trinajstić information content (AvgIpc) is 2.41. The van der Waals surface area contributed by atoms with Gasteiger partial charge in [-0.05, 0) is 11.5 Å². The molecule has 3 unspecified atom stereocenters. The molecule has 120 valence electrons. The van der Waals surface area contributed by atoms with Gasteiger partial charge in [-0.25, -0.2) is 12.6 Å². The number of nitrogens with one attached hydrogen (secondary N) is 3. The Labute approximate surface area is 132 Å². The van der Waals surface area contributed by atoms with Crippen molar-refractivity contribution in [3.63, 3.8) is 0 Å². The first kappa shape index (κ1) is 16.8. The number of fused-ring (bicyclic) bond motifs is 1. The van der Waals surface area contributed by atoms with E-state index in [1.807, 2.05) is 0 Å². The molecule has 0 aliphatic carbocycles. The van der Waals surface area contributed by atoms with Crippen LogP contribution in [-0.4, -0.2) is 26.3 Å². The van der Waals surface area contributed by atoms with Crippen molar-refractivity contribution in [2.24, 2.45) is 0 Å². The van der Waals surface area contributed by atoms with Crippen LogP contribution in [0.4, 0.5) is 17.1 Å². The quantitative estimate of drug-likeness (QED) is 0.427. The summed E-state index contributed by atoms with van der Waals surface area (Å²) in [6.45, 7) is 0. The van der Waals surface area contributed by atoms with Gasteiger partial charge in [0, 0.05) is 5.39 Å². The molecule has 0 aliphatic heterocycles. The fraction of sp³-hybridized carbons (Fsp3) is 0. The zero-order chi connectivity index (χ0) is 16.3. The van der Waals surface area contributed by atoms with E-state index in [1.54, 1.807) is 24.3 Å². The molecule has 12 heteroatoms. The molecule has 0 saturated heterocycles. The summed E-state index contributed by atoms with van der Waals surface area (Å²) in [5.41, 5.74) is -0.0477. The van der Waals surface area contributed by atoms with Crippen molar-refractivity contribution < 1.29 is 26.3 Å². The molecule has 0 radical (unpaired) electrons. The van der Waals surface area contributed by atoms with Gasteiger partial charge in [-0.3, -0.25) is 27.8 Å². The number of anilines is 3. The van der Waals surface area contributed by atoms with Crippen LogP contribution >= 0.6 is 0 Å². The molecule has 9 nitrogen and oxygen atoms in total. The maximum atomic E-state index is 11.1. The van der Waals surface area contributed by atoms with E-state index in [-0.39, 0.29) is 17.1 Å². The molecule has 0 fully saturated rings. The lowest BCUT2D eigenvalue weighted by atomic mass is 10.1. The second-order valence-corrected chi connectivity index (χ2v) is 6.06. The van der Waals surface area contributed by atoms with Gasteiger partial charge in [0.2, 0.25) is 0 Å². The number of benzene rings is 2. The fourth-order valence-corrected chi connectivity index (χ4v) is 3.03. The highest BCUT2D eigenvalue weighted by Crippen LogP contribution is 2.39. The number of rotatable bonds is 6. The van der Waals surface area contributed by atoms with E-state index in [4.69, 9.17) is 13.7 Å². The Balaban J connectivity index is 2.76. The van der Waals surface area contributed by atoms with Crippen molar-refractivity contribution in [3.8, 4) is 0 Å². The van der Waals surface area contributed by atoms with Crippen LogP contribution in [0.3, 0.4) is 0 Å². The fourth-order valence-electron chi connectivity index (χ4n) is 1.91. The second-order valence-electron chi connectivity index (χ2n) is 3.95. The number of hydrogen-bond donors (Lipinski definition) is 6. The molecule has 0 amide bonds. The van der Waals surface area contributed by atoms with E-state index in [1.165, 1.54) is 6.07 Å². The summed E-state index contributed by atoms with van der Waals surface area (Å²) in [5, 5.41) is 1.06. The van der Waals surface area contributed by atoms with Gasteiger partial charge in [0.15, 0.2) is 0 Å². The first-order valence-corrected chi connectivity index (χ1v) is 8.88. The van der Waals surface area contributed by atoms with Crippen molar-refractivity contribution >= 4 is 61.6 Å². The summed E-state index contributed by atoms with van der Waals surface area (Å²) in [5.74, 6) is 0. The van der Waals surface area contributed by atoms with Crippen LogP contribution in [0.15, 0.2) is 30.3 Å². The zero-order valence-electron chi connectivity index (χ0n) is 10.7. The summed E-state index contributed by atoms with van der Waals surface area (Å²) >= 11 is -7.40. The van der Waals surface area contributed by atoms with Crippen LogP contribution in [0.2, 0.25) is 0 Å². The van der Waals surface area contributed by atoms with Gasteiger partial charge in [0.05, 0.1) is 17.1 Å². The predicted molar refractivity (Wildman–Crippen MR) is 87.1 cm³/mol. The molecule has 0 aliphatic rings. The monoisotopic (exact) mass is 365 g/mol. The number of hydrogen-bond acceptors (Lipinski definition) is 3. The topological polar surface area (TPSA) is 148 Å². The van der Waals surface area contributed by atoms with Crippen molar-refractivity contribution in [2.75, 3.05) is 14.2 Å². The molecular weight excluding hydrogens is 354 g/mol. The molecule has 6 N–H and O–H groups in total. The maximum absolute atomic E-state index is 11.1. The largest absolute Gasteiger partial charge is 0.289 e. The van der Waals surface area contributed by atoms with Gasteiger partial charge in [0.25, 0.3) is 33.8 Å². The van der Waals surface area contributed by atoms with E-state index in [2.05, 4.69) is 14.2 Å². The molecule has 0 bridgehead atoms. The Kier molecular flexibility index (Phi) is 5.44. The average molecular weight is 365 g/mol. The van der Waals surface area contributed by atoms with Crippen molar-refractivity contribution in [1.82, 2.24) is 0 Å².